The van der Waals surface area contributed by atoms with E-state index in [1.165, 1.54) is 0 Å². The molecule has 0 aromatic heterocycles. The first kappa shape index (κ1) is 19.9. The Morgan fingerprint density at radius 3 is 2.61 bits per heavy atom. The van der Waals surface area contributed by atoms with E-state index in [9.17, 15) is 18.4 Å². The molecule has 2 amide bonds. The topological polar surface area (TPSA) is 61.4 Å². The Morgan fingerprint density at radius 1 is 1.11 bits per heavy atom. The van der Waals surface area contributed by atoms with E-state index in [1.807, 2.05) is 35.2 Å². The maximum Gasteiger partial charge on any atom is 0.241 e. The summed E-state index contributed by atoms with van der Waals surface area (Å²) in [6.45, 7) is 2.79. The molecular formula is C21H23F2N3O2. The predicted molar refractivity (Wildman–Crippen MR) is 104 cm³/mol. The van der Waals surface area contributed by atoms with Crippen molar-refractivity contribution in [2.24, 2.45) is 5.92 Å². The van der Waals surface area contributed by atoms with Gasteiger partial charge in [-0.25, -0.2) is 8.78 Å². The van der Waals surface area contributed by atoms with Crippen molar-refractivity contribution in [2.45, 2.75) is 25.8 Å². The van der Waals surface area contributed by atoms with Crippen LogP contribution >= 0.6 is 0 Å². The Kier molecular flexibility index (Phi) is 6.36. The standard InChI is InChI=1S/C21H23F2N3O2/c1-14(20(27)25-19-12-16(22)9-10-18(19)23)26-11-5-6-15(13-26)21(28)24-17-7-3-2-4-8-17/h2-4,7-10,12,14-15H,5-6,11,13H2,1H3,(H,24,28)(H,25,27)/t14-,15-/m0/s1. The number of piperidine rings is 1. The van der Waals surface area contributed by atoms with E-state index in [1.54, 1.807) is 6.92 Å². The van der Waals surface area contributed by atoms with Crippen LogP contribution in [0.1, 0.15) is 19.8 Å². The van der Waals surface area contributed by atoms with Gasteiger partial charge < -0.3 is 10.6 Å². The van der Waals surface area contributed by atoms with Crippen molar-refractivity contribution in [2.75, 3.05) is 23.7 Å². The summed E-state index contributed by atoms with van der Waals surface area (Å²) in [5.41, 5.74) is 0.546. The second-order valence-corrected chi connectivity index (χ2v) is 6.98. The fraction of sp³-hybridized carbons (Fsp3) is 0.333. The number of hydrogen-bond acceptors (Lipinski definition) is 3. The van der Waals surface area contributed by atoms with Crippen LogP contribution in [0.3, 0.4) is 0 Å². The Hall–Kier alpha value is -2.80. The molecule has 1 aliphatic rings. The van der Waals surface area contributed by atoms with Crippen molar-refractivity contribution in [3.63, 3.8) is 0 Å². The molecule has 3 rings (SSSR count). The summed E-state index contributed by atoms with van der Waals surface area (Å²) >= 11 is 0. The number of likely N-dealkylation sites (tertiary alicyclic amines) is 1. The van der Waals surface area contributed by atoms with Crippen molar-refractivity contribution < 1.29 is 18.4 Å². The third kappa shape index (κ3) is 4.92. The van der Waals surface area contributed by atoms with Crippen LogP contribution in [0, 0.1) is 17.6 Å². The monoisotopic (exact) mass is 387 g/mol. The highest BCUT2D eigenvalue weighted by molar-refractivity contribution is 5.95. The van der Waals surface area contributed by atoms with Crippen LogP contribution in [0.15, 0.2) is 48.5 Å². The lowest BCUT2D eigenvalue weighted by atomic mass is 9.95. The number of halogens is 2. The van der Waals surface area contributed by atoms with Crippen LogP contribution in [0.4, 0.5) is 20.2 Å². The van der Waals surface area contributed by atoms with Gasteiger partial charge in [0.15, 0.2) is 0 Å². The zero-order chi connectivity index (χ0) is 20.1. The van der Waals surface area contributed by atoms with Gasteiger partial charge in [-0.15, -0.1) is 0 Å². The maximum absolute atomic E-state index is 13.8. The van der Waals surface area contributed by atoms with Gasteiger partial charge in [0, 0.05) is 18.3 Å². The number of carbonyl (C=O) groups excluding carboxylic acids is 2. The van der Waals surface area contributed by atoms with Crippen molar-refractivity contribution in [1.29, 1.82) is 0 Å². The Bertz CT molecular complexity index is 845. The van der Waals surface area contributed by atoms with Gasteiger partial charge in [0.25, 0.3) is 0 Å². The van der Waals surface area contributed by atoms with Crippen molar-refractivity contribution in [3.05, 3.63) is 60.2 Å². The van der Waals surface area contributed by atoms with Gasteiger partial charge in [0.1, 0.15) is 11.6 Å². The van der Waals surface area contributed by atoms with E-state index in [4.69, 9.17) is 0 Å². The zero-order valence-electron chi connectivity index (χ0n) is 15.6. The third-order valence-electron chi connectivity index (χ3n) is 4.98. The molecule has 1 fully saturated rings. The van der Waals surface area contributed by atoms with Crippen LogP contribution < -0.4 is 10.6 Å². The molecule has 0 unspecified atom stereocenters. The molecule has 5 nitrogen and oxygen atoms in total. The van der Waals surface area contributed by atoms with Crippen molar-refractivity contribution in [1.82, 2.24) is 4.90 Å². The SMILES string of the molecule is C[C@@H](C(=O)Nc1cc(F)ccc1F)N1CCC[C@H](C(=O)Nc2ccccc2)C1. The van der Waals surface area contributed by atoms with E-state index in [0.29, 0.717) is 13.1 Å². The lowest BCUT2D eigenvalue weighted by Crippen LogP contribution is -2.49. The Morgan fingerprint density at radius 2 is 1.86 bits per heavy atom. The van der Waals surface area contributed by atoms with Crippen LogP contribution in [0.5, 0.6) is 0 Å². The molecule has 148 valence electrons. The highest BCUT2D eigenvalue weighted by atomic mass is 19.1. The molecule has 0 radical (unpaired) electrons. The summed E-state index contributed by atoms with van der Waals surface area (Å²) in [6, 6.07) is 11.6. The molecule has 0 bridgehead atoms. The number of nitrogens with one attached hydrogen (secondary N) is 2. The molecule has 1 aliphatic heterocycles. The first-order chi connectivity index (χ1) is 13.4. The van der Waals surface area contributed by atoms with Gasteiger partial charge in [-0.3, -0.25) is 14.5 Å². The van der Waals surface area contributed by atoms with Gasteiger partial charge in [0.05, 0.1) is 17.6 Å². The van der Waals surface area contributed by atoms with E-state index in [2.05, 4.69) is 10.6 Å². The molecule has 1 heterocycles. The summed E-state index contributed by atoms with van der Waals surface area (Å²) in [4.78, 5) is 26.9. The predicted octanol–water partition coefficient (Wildman–Crippen LogP) is 3.64. The van der Waals surface area contributed by atoms with Crippen LogP contribution in [0.25, 0.3) is 0 Å². The average Bonchev–Trinajstić information content (AvgIpc) is 2.71. The fourth-order valence-corrected chi connectivity index (χ4v) is 3.33. The molecule has 2 aromatic rings. The summed E-state index contributed by atoms with van der Waals surface area (Å²) in [5, 5.41) is 5.33. The number of para-hydroxylation sites is 1. The molecule has 0 saturated carbocycles. The molecule has 0 spiro atoms. The normalized spacial score (nSPS) is 18.3. The summed E-state index contributed by atoms with van der Waals surface area (Å²) in [6.07, 6.45) is 1.51. The van der Waals surface area contributed by atoms with Gasteiger partial charge in [0.2, 0.25) is 11.8 Å². The smallest absolute Gasteiger partial charge is 0.241 e. The summed E-state index contributed by atoms with van der Waals surface area (Å²) in [7, 11) is 0. The van der Waals surface area contributed by atoms with E-state index in [0.717, 1.165) is 36.7 Å². The second-order valence-electron chi connectivity index (χ2n) is 6.98. The van der Waals surface area contributed by atoms with Gasteiger partial charge in [-0.1, -0.05) is 18.2 Å². The first-order valence-corrected chi connectivity index (χ1v) is 9.30. The third-order valence-corrected chi connectivity index (χ3v) is 4.98. The molecule has 7 heteroatoms. The highest BCUT2D eigenvalue weighted by Crippen LogP contribution is 2.22. The summed E-state index contributed by atoms with van der Waals surface area (Å²) < 4.78 is 27.1. The number of carbonyl (C=O) groups is 2. The van der Waals surface area contributed by atoms with Crippen molar-refractivity contribution in [3.8, 4) is 0 Å². The molecule has 2 N–H and O–H groups in total. The number of anilines is 2. The average molecular weight is 387 g/mol. The molecule has 2 aromatic carbocycles. The zero-order valence-corrected chi connectivity index (χ0v) is 15.6. The molecule has 1 saturated heterocycles. The summed E-state index contributed by atoms with van der Waals surface area (Å²) in [5.74, 6) is -2.08. The number of rotatable bonds is 5. The highest BCUT2D eigenvalue weighted by Gasteiger charge is 2.31. The fourth-order valence-electron chi connectivity index (χ4n) is 3.33. The molecule has 28 heavy (non-hydrogen) atoms. The number of benzene rings is 2. The molecule has 2 atom stereocenters. The number of nitrogens with zero attached hydrogens (tertiary/aromatic N) is 1. The Balaban J connectivity index is 1.60. The first-order valence-electron chi connectivity index (χ1n) is 9.30. The quantitative estimate of drug-likeness (QED) is 0.823. The maximum atomic E-state index is 13.8. The lowest BCUT2D eigenvalue weighted by molar-refractivity contribution is -0.125. The van der Waals surface area contributed by atoms with Crippen LogP contribution in [-0.4, -0.2) is 35.8 Å². The van der Waals surface area contributed by atoms with E-state index >= 15 is 0 Å². The van der Waals surface area contributed by atoms with Gasteiger partial charge >= 0.3 is 0 Å². The van der Waals surface area contributed by atoms with Crippen LogP contribution in [0.2, 0.25) is 0 Å². The van der Waals surface area contributed by atoms with Gasteiger partial charge in [-0.2, -0.15) is 0 Å². The van der Waals surface area contributed by atoms with Crippen LogP contribution in [-0.2, 0) is 9.59 Å². The van der Waals surface area contributed by atoms with E-state index in [-0.39, 0.29) is 17.5 Å². The van der Waals surface area contributed by atoms with Crippen molar-refractivity contribution >= 4 is 23.2 Å². The number of hydrogen-bond donors (Lipinski definition) is 2. The minimum atomic E-state index is -0.694. The number of amides is 2. The molecule has 0 aliphatic carbocycles. The minimum absolute atomic E-state index is 0.0836. The second kappa shape index (κ2) is 8.93. The van der Waals surface area contributed by atoms with Gasteiger partial charge in [-0.05, 0) is 50.6 Å². The molecular weight excluding hydrogens is 364 g/mol. The van der Waals surface area contributed by atoms with E-state index < -0.39 is 23.6 Å². The lowest BCUT2D eigenvalue weighted by Gasteiger charge is -2.35. The minimum Gasteiger partial charge on any atom is -0.326 e. The Labute approximate surface area is 162 Å². The largest absolute Gasteiger partial charge is 0.326 e.